The van der Waals surface area contributed by atoms with Gasteiger partial charge in [-0.25, -0.2) is 0 Å². The van der Waals surface area contributed by atoms with E-state index in [1.165, 1.54) is 0 Å². The Morgan fingerprint density at radius 3 is 2.65 bits per heavy atom. The molecule has 1 unspecified atom stereocenters. The lowest BCUT2D eigenvalue weighted by Gasteiger charge is -2.33. The Morgan fingerprint density at radius 1 is 1.00 bits per heavy atom. The zero-order valence-corrected chi connectivity index (χ0v) is 27.2. The minimum Gasteiger partial charge on any atom is -0.612 e. The number of hydrogen-bond donors (Lipinski definition) is 2. The van der Waals surface area contributed by atoms with Crippen LogP contribution in [0.1, 0.15) is 42.2 Å². The molecular formula is C36H40N2O7S. The van der Waals surface area contributed by atoms with E-state index in [4.69, 9.17) is 23.7 Å². The van der Waals surface area contributed by atoms with Gasteiger partial charge in [0.1, 0.15) is 18.6 Å². The summed E-state index contributed by atoms with van der Waals surface area (Å²) >= 11 is -1.01. The molecule has 10 heteroatoms. The number of nitrogens with one attached hydrogen (secondary N) is 1. The van der Waals surface area contributed by atoms with Crippen LogP contribution in [0.2, 0.25) is 0 Å². The summed E-state index contributed by atoms with van der Waals surface area (Å²) < 4.78 is 41.4. The fourth-order valence-corrected chi connectivity index (χ4v) is 5.94. The highest BCUT2D eigenvalue weighted by Crippen LogP contribution is 2.34. The van der Waals surface area contributed by atoms with Gasteiger partial charge < -0.3 is 38.7 Å². The lowest BCUT2D eigenvalue weighted by Crippen LogP contribution is -2.35. The largest absolute Gasteiger partial charge is 0.612 e. The highest BCUT2D eigenvalue weighted by Gasteiger charge is 2.28. The fraction of sp³-hybridized carbons (Fsp3) is 0.361. The van der Waals surface area contributed by atoms with E-state index in [0.717, 1.165) is 56.2 Å². The van der Waals surface area contributed by atoms with Crippen molar-refractivity contribution in [3.63, 3.8) is 0 Å². The normalized spacial score (nSPS) is 17.9. The first-order valence-electron chi connectivity index (χ1n) is 15.4. The maximum Gasteiger partial charge on any atom is 0.205 e. The smallest absolute Gasteiger partial charge is 0.205 e. The summed E-state index contributed by atoms with van der Waals surface area (Å²) in [7, 11) is 0. The first-order valence-corrected chi connectivity index (χ1v) is 17.0. The Kier molecular flexibility index (Phi) is 10.1. The lowest BCUT2D eigenvalue weighted by molar-refractivity contribution is -0.180. The molecule has 46 heavy (non-hydrogen) atoms. The number of hydrogen-bond acceptors (Lipinski definition) is 9. The maximum absolute atomic E-state index is 11.7. The van der Waals surface area contributed by atoms with E-state index in [-0.39, 0.29) is 6.10 Å². The first kappa shape index (κ1) is 32.3. The van der Waals surface area contributed by atoms with Gasteiger partial charge in [0.25, 0.3) is 0 Å². The highest BCUT2D eigenvalue weighted by atomic mass is 32.2. The third kappa shape index (κ3) is 8.19. The van der Waals surface area contributed by atoms with Gasteiger partial charge in [-0.15, -0.1) is 0 Å². The molecule has 6 rings (SSSR count). The molecule has 0 saturated heterocycles. The third-order valence-electron chi connectivity index (χ3n) is 7.94. The second-order valence-electron chi connectivity index (χ2n) is 12.0. The van der Waals surface area contributed by atoms with Crippen LogP contribution in [0, 0.1) is 0 Å². The van der Waals surface area contributed by atoms with Crippen molar-refractivity contribution in [3.8, 4) is 28.4 Å². The van der Waals surface area contributed by atoms with Crippen molar-refractivity contribution in [3.05, 3.63) is 101 Å². The molecule has 0 amide bonds. The van der Waals surface area contributed by atoms with Gasteiger partial charge in [0.2, 0.25) is 5.79 Å². The number of benzene rings is 3. The molecule has 2 N–H and O–H groups in total. The van der Waals surface area contributed by atoms with E-state index in [0.29, 0.717) is 45.3 Å². The minimum atomic E-state index is -1.01. The quantitative estimate of drug-likeness (QED) is 0.156. The second kappa shape index (κ2) is 14.4. The SMILES string of the molecule is C[S+]([O-])c1ccc(-c2cncc(COC[C@@H]3COc4ccc(CCNC[C@H](O)c5ccc6c(c5)COC(C)(C)O6)cc4O3)c2)cc1. The van der Waals surface area contributed by atoms with Crippen LogP contribution in [-0.4, -0.2) is 59.1 Å². The number of aliphatic hydroxyl groups excluding tert-OH is 1. The van der Waals surface area contributed by atoms with Gasteiger partial charge in [0.15, 0.2) is 22.5 Å². The summed E-state index contributed by atoms with van der Waals surface area (Å²) in [6.07, 6.45) is 5.18. The van der Waals surface area contributed by atoms with E-state index in [2.05, 4.69) is 16.4 Å². The molecule has 0 fully saturated rings. The number of aromatic nitrogens is 1. The van der Waals surface area contributed by atoms with Crippen LogP contribution in [0.25, 0.3) is 11.1 Å². The van der Waals surface area contributed by atoms with Gasteiger partial charge in [-0.1, -0.05) is 12.1 Å². The number of aliphatic hydroxyl groups is 1. The first-order chi connectivity index (χ1) is 22.2. The molecule has 0 radical (unpaired) electrons. The molecule has 0 bridgehead atoms. The van der Waals surface area contributed by atoms with Gasteiger partial charge in [0.05, 0.1) is 25.9 Å². The molecule has 0 saturated carbocycles. The van der Waals surface area contributed by atoms with Crippen LogP contribution >= 0.6 is 0 Å². The summed E-state index contributed by atoms with van der Waals surface area (Å²) in [5.41, 5.74) is 5.82. The molecule has 242 valence electrons. The van der Waals surface area contributed by atoms with Crippen LogP contribution < -0.4 is 19.5 Å². The Hall–Kier alpha value is -3.64. The molecule has 2 aliphatic rings. The van der Waals surface area contributed by atoms with Crippen LogP contribution in [-0.2, 0) is 40.3 Å². The average Bonchev–Trinajstić information content (AvgIpc) is 3.06. The molecule has 3 atom stereocenters. The molecule has 1 aromatic heterocycles. The molecule has 3 aromatic carbocycles. The topological polar surface area (TPSA) is 114 Å². The standard InChI is InChI=1S/C36H40N2O7S/c1-36(2)43-21-29-16-27(7-11-33(29)45-36)32(39)19-37-13-12-24-4-10-34-35(15-24)44-30(23-42-34)22-41-20-25-14-28(18-38-17-25)26-5-8-31(9-6-26)46(3)40/h4-11,14-18,30,32,37,39H,12-13,19-23H2,1-3H3/t30-,32+,46?/m1/s1. The number of pyridine rings is 1. The van der Waals surface area contributed by atoms with Crippen LogP contribution in [0.4, 0.5) is 0 Å². The van der Waals surface area contributed by atoms with E-state index >= 15 is 0 Å². The Labute approximate surface area is 273 Å². The summed E-state index contributed by atoms with van der Waals surface area (Å²) in [6, 6.07) is 21.5. The summed E-state index contributed by atoms with van der Waals surface area (Å²) in [5, 5.41) is 14.1. The van der Waals surface area contributed by atoms with E-state index in [9.17, 15) is 9.66 Å². The zero-order valence-electron chi connectivity index (χ0n) is 26.4. The lowest BCUT2D eigenvalue weighted by atomic mass is 10.0. The highest BCUT2D eigenvalue weighted by molar-refractivity contribution is 7.90. The fourth-order valence-electron chi connectivity index (χ4n) is 5.42. The van der Waals surface area contributed by atoms with Gasteiger partial charge in [-0.3, -0.25) is 4.98 Å². The van der Waals surface area contributed by atoms with Crippen molar-refractivity contribution in [2.75, 3.05) is 32.6 Å². The number of ether oxygens (including phenoxy) is 5. The monoisotopic (exact) mass is 644 g/mol. The molecule has 9 nitrogen and oxygen atoms in total. The predicted octanol–water partition coefficient (Wildman–Crippen LogP) is 5.35. The van der Waals surface area contributed by atoms with Crippen molar-refractivity contribution in [1.29, 1.82) is 0 Å². The van der Waals surface area contributed by atoms with Crippen molar-refractivity contribution in [2.45, 2.75) is 56.4 Å². The van der Waals surface area contributed by atoms with Gasteiger partial charge in [-0.05, 0) is 101 Å². The van der Waals surface area contributed by atoms with Gasteiger partial charge in [-0.2, -0.15) is 0 Å². The average molecular weight is 645 g/mol. The number of fused-ring (bicyclic) bond motifs is 2. The molecular weight excluding hydrogens is 604 g/mol. The van der Waals surface area contributed by atoms with Crippen LogP contribution in [0.15, 0.2) is 84.0 Å². The Morgan fingerprint density at radius 2 is 1.83 bits per heavy atom. The molecule has 3 heterocycles. The van der Waals surface area contributed by atoms with Gasteiger partial charge >= 0.3 is 0 Å². The molecule has 2 aliphatic heterocycles. The number of nitrogens with zero attached hydrogens (tertiary/aromatic N) is 1. The molecule has 0 spiro atoms. The van der Waals surface area contributed by atoms with E-state index in [1.807, 2.05) is 80.7 Å². The van der Waals surface area contributed by atoms with Crippen molar-refractivity contribution >= 4 is 11.2 Å². The predicted molar refractivity (Wildman–Crippen MR) is 175 cm³/mol. The van der Waals surface area contributed by atoms with Crippen LogP contribution in [0.3, 0.4) is 0 Å². The Bertz CT molecular complexity index is 1630. The summed E-state index contributed by atoms with van der Waals surface area (Å²) in [5.74, 6) is 1.59. The van der Waals surface area contributed by atoms with Crippen molar-refractivity contribution < 1.29 is 33.3 Å². The van der Waals surface area contributed by atoms with Crippen LogP contribution in [0.5, 0.6) is 17.2 Å². The summed E-state index contributed by atoms with van der Waals surface area (Å²) in [4.78, 5) is 5.17. The van der Waals surface area contributed by atoms with Crippen molar-refractivity contribution in [2.24, 2.45) is 0 Å². The zero-order chi connectivity index (χ0) is 32.1. The second-order valence-corrected chi connectivity index (χ2v) is 13.4. The Balaban J connectivity index is 0.947. The third-order valence-corrected chi connectivity index (χ3v) is 8.88. The molecule has 0 aliphatic carbocycles. The minimum absolute atomic E-state index is 0.229. The summed E-state index contributed by atoms with van der Waals surface area (Å²) in [6.45, 7) is 6.55. The van der Waals surface area contributed by atoms with Crippen molar-refractivity contribution in [1.82, 2.24) is 10.3 Å². The van der Waals surface area contributed by atoms with Gasteiger partial charge in [0, 0.05) is 43.9 Å². The maximum atomic E-state index is 11.7. The molecule has 4 aromatic rings. The number of rotatable bonds is 12. The van der Waals surface area contributed by atoms with E-state index < -0.39 is 23.1 Å². The van der Waals surface area contributed by atoms with E-state index in [1.54, 1.807) is 12.5 Å².